The van der Waals surface area contributed by atoms with E-state index in [2.05, 4.69) is 10.3 Å². The van der Waals surface area contributed by atoms with Gasteiger partial charge in [-0.2, -0.15) is 0 Å². The lowest BCUT2D eigenvalue weighted by atomic mass is 9.95. The number of rotatable bonds is 5. The molecule has 0 aromatic carbocycles. The molecule has 1 rings (SSSR count). The third-order valence-electron chi connectivity index (χ3n) is 2.47. The van der Waals surface area contributed by atoms with Crippen molar-refractivity contribution in [2.75, 3.05) is 7.05 Å². The van der Waals surface area contributed by atoms with Gasteiger partial charge in [-0.1, -0.05) is 24.6 Å². The van der Waals surface area contributed by atoms with E-state index >= 15 is 0 Å². The summed E-state index contributed by atoms with van der Waals surface area (Å²) in [5.74, 6) is -0.0739. The summed E-state index contributed by atoms with van der Waals surface area (Å²) < 4.78 is 0. The van der Waals surface area contributed by atoms with E-state index in [4.69, 9.17) is 11.6 Å². The Morgan fingerprint density at radius 3 is 2.82 bits per heavy atom. The van der Waals surface area contributed by atoms with E-state index in [0.717, 1.165) is 18.2 Å². The number of likely N-dealkylation sites (N-methyl/N-ethyl adjacent to an activating group) is 1. The Bertz CT molecular complexity index is 417. The van der Waals surface area contributed by atoms with Gasteiger partial charge in [-0.05, 0) is 18.1 Å². The van der Waals surface area contributed by atoms with Crippen LogP contribution in [0, 0.1) is 10.1 Å². The quantitative estimate of drug-likeness (QED) is 0.499. The predicted octanol–water partition coefficient (Wildman–Crippen LogP) is 2.57. The molecule has 0 saturated carbocycles. The topological polar surface area (TPSA) is 68.1 Å². The van der Waals surface area contributed by atoms with E-state index in [9.17, 15) is 10.1 Å². The predicted molar refractivity (Wildman–Crippen MR) is 66.4 cm³/mol. The van der Waals surface area contributed by atoms with Gasteiger partial charge in [0.05, 0.1) is 10.6 Å². The summed E-state index contributed by atoms with van der Waals surface area (Å²) in [4.78, 5) is 14.1. The number of allylic oxidation sites excluding steroid dienone is 1. The summed E-state index contributed by atoms with van der Waals surface area (Å²) in [6.07, 6.45) is 3.37. The molecule has 6 heteroatoms. The maximum Gasteiger partial charge on any atom is 0.253 e. The van der Waals surface area contributed by atoms with Gasteiger partial charge in [0, 0.05) is 19.2 Å². The lowest BCUT2D eigenvalue weighted by Gasteiger charge is -2.16. The Morgan fingerprint density at radius 1 is 1.71 bits per heavy atom. The van der Waals surface area contributed by atoms with Crippen LogP contribution >= 0.6 is 11.6 Å². The molecule has 0 bridgehead atoms. The lowest BCUT2D eigenvalue weighted by molar-refractivity contribution is -0.404. The Morgan fingerprint density at radius 2 is 2.41 bits per heavy atom. The number of halogens is 1. The lowest BCUT2D eigenvalue weighted by Crippen LogP contribution is -2.16. The van der Waals surface area contributed by atoms with Crippen LogP contribution in [0.1, 0.15) is 24.8 Å². The summed E-state index contributed by atoms with van der Waals surface area (Å²) in [6, 6.07) is 3.51. The molecule has 5 nitrogen and oxygen atoms in total. The molecule has 0 aliphatic carbocycles. The molecule has 0 amide bonds. The van der Waals surface area contributed by atoms with Crippen LogP contribution in [0.2, 0.25) is 5.15 Å². The first-order valence-electron chi connectivity index (χ1n) is 5.22. The van der Waals surface area contributed by atoms with Gasteiger partial charge in [0.15, 0.2) is 0 Å². The number of nitrogens with zero attached hydrogens (tertiary/aromatic N) is 2. The molecule has 0 saturated heterocycles. The molecule has 0 radical (unpaired) electrons. The third kappa shape index (κ3) is 3.71. The SMILES string of the molecule is CCC(C(=C[N+](=O)[O-])NC)c1ccc(Cl)nc1. The van der Waals surface area contributed by atoms with Crippen LogP contribution in [-0.4, -0.2) is 17.0 Å². The van der Waals surface area contributed by atoms with Gasteiger partial charge in [-0.15, -0.1) is 0 Å². The van der Waals surface area contributed by atoms with Gasteiger partial charge in [-0.3, -0.25) is 10.1 Å². The molecule has 0 fully saturated rings. The van der Waals surface area contributed by atoms with Crippen molar-refractivity contribution < 1.29 is 4.92 Å². The van der Waals surface area contributed by atoms with Crippen molar-refractivity contribution in [1.29, 1.82) is 0 Å². The number of aromatic nitrogens is 1. The highest BCUT2D eigenvalue weighted by Crippen LogP contribution is 2.25. The largest absolute Gasteiger partial charge is 0.386 e. The zero-order valence-electron chi connectivity index (χ0n) is 9.68. The van der Waals surface area contributed by atoms with E-state index in [1.165, 1.54) is 0 Å². The smallest absolute Gasteiger partial charge is 0.253 e. The molecular formula is C11H14ClN3O2. The number of nitrogens with one attached hydrogen (secondary N) is 1. The molecule has 0 aliphatic rings. The van der Waals surface area contributed by atoms with Crippen molar-refractivity contribution >= 4 is 11.6 Å². The van der Waals surface area contributed by atoms with Crippen molar-refractivity contribution in [1.82, 2.24) is 10.3 Å². The van der Waals surface area contributed by atoms with Gasteiger partial charge >= 0.3 is 0 Å². The highest BCUT2D eigenvalue weighted by molar-refractivity contribution is 6.29. The first kappa shape index (κ1) is 13.4. The molecule has 1 N–H and O–H groups in total. The monoisotopic (exact) mass is 255 g/mol. The Kier molecular flexibility index (Phi) is 4.90. The van der Waals surface area contributed by atoms with Crippen LogP contribution in [0.15, 0.2) is 30.2 Å². The molecule has 1 heterocycles. The fraction of sp³-hybridized carbons (Fsp3) is 0.364. The summed E-state index contributed by atoms with van der Waals surface area (Å²) in [6.45, 7) is 1.96. The zero-order valence-corrected chi connectivity index (χ0v) is 10.4. The highest BCUT2D eigenvalue weighted by Gasteiger charge is 2.17. The minimum Gasteiger partial charge on any atom is -0.386 e. The third-order valence-corrected chi connectivity index (χ3v) is 2.69. The van der Waals surface area contributed by atoms with Gasteiger partial charge in [-0.25, -0.2) is 4.98 Å². The Labute approximate surface area is 105 Å². The molecule has 17 heavy (non-hydrogen) atoms. The van der Waals surface area contributed by atoms with E-state index in [1.54, 1.807) is 19.3 Å². The number of hydrogen-bond acceptors (Lipinski definition) is 4. The van der Waals surface area contributed by atoms with Gasteiger partial charge < -0.3 is 5.32 Å². The van der Waals surface area contributed by atoms with E-state index in [1.807, 2.05) is 13.0 Å². The fourth-order valence-corrected chi connectivity index (χ4v) is 1.78. The normalized spacial score (nSPS) is 13.2. The van der Waals surface area contributed by atoms with Gasteiger partial charge in [0.2, 0.25) is 0 Å². The molecule has 0 aliphatic heterocycles. The number of pyridine rings is 1. The average molecular weight is 256 g/mol. The van der Waals surface area contributed by atoms with Crippen molar-refractivity contribution in [3.63, 3.8) is 0 Å². The summed E-state index contributed by atoms with van der Waals surface area (Å²) in [5.41, 5.74) is 1.46. The second-order valence-electron chi connectivity index (χ2n) is 3.49. The molecule has 92 valence electrons. The molecule has 1 atom stereocenters. The summed E-state index contributed by atoms with van der Waals surface area (Å²) in [5, 5.41) is 13.8. The van der Waals surface area contributed by atoms with Crippen molar-refractivity contribution in [2.24, 2.45) is 0 Å². The standard InChI is InChI=1S/C11H14ClN3O2/c1-3-9(10(13-2)7-15(16)17)8-4-5-11(12)14-6-8/h4-7,9,13H,3H2,1-2H3. The summed E-state index contributed by atoms with van der Waals surface area (Å²) in [7, 11) is 1.67. The maximum atomic E-state index is 10.5. The molecule has 0 spiro atoms. The van der Waals surface area contributed by atoms with Crippen molar-refractivity contribution in [3.05, 3.63) is 51.1 Å². The maximum absolute atomic E-state index is 10.5. The second kappa shape index (κ2) is 6.20. The zero-order chi connectivity index (χ0) is 12.8. The second-order valence-corrected chi connectivity index (χ2v) is 3.88. The molecular weight excluding hydrogens is 242 g/mol. The number of hydrogen-bond donors (Lipinski definition) is 1. The Hall–Kier alpha value is -1.62. The van der Waals surface area contributed by atoms with Crippen LogP contribution in [0.5, 0.6) is 0 Å². The van der Waals surface area contributed by atoms with E-state index in [-0.39, 0.29) is 5.92 Å². The summed E-state index contributed by atoms with van der Waals surface area (Å²) >= 11 is 5.71. The van der Waals surface area contributed by atoms with Crippen molar-refractivity contribution in [2.45, 2.75) is 19.3 Å². The van der Waals surface area contributed by atoms with Crippen LogP contribution in [0.25, 0.3) is 0 Å². The van der Waals surface area contributed by atoms with Crippen molar-refractivity contribution in [3.8, 4) is 0 Å². The first-order chi connectivity index (χ1) is 8.08. The number of nitro groups is 1. The fourth-order valence-electron chi connectivity index (χ4n) is 1.67. The van der Waals surface area contributed by atoms with E-state index < -0.39 is 4.92 Å². The minimum absolute atomic E-state index is 0.0739. The average Bonchev–Trinajstić information content (AvgIpc) is 2.30. The molecule has 1 aromatic rings. The molecule has 1 aromatic heterocycles. The minimum atomic E-state index is -0.460. The highest BCUT2D eigenvalue weighted by atomic mass is 35.5. The van der Waals surface area contributed by atoms with Gasteiger partial charge in [0.1, 0.15) is 5.15 Å². The first-order valence-corrected chi connectivity index (χ1v) is 5.60. The van der Waals surface area contributed by atoms with Crippen LogP contribution < -0.4 is 5.32 Å². The van der Waals surface area contributed by atoms with Crippen LogP contribution in [0.4, 0.5) is 0 Å². The van der Waals surface area contributed by atoms with Gasteiger partial charge in [0.25, 0.3) is 6.20 Å². The van der Waals surface area contributed by atoms with Crippen LogP contribution in [0.3, 0.4) is 0 Å². The van der Waals surface area contributed by atoms with Crippen LogP contribution in [-0.2, 0) is 0 Å². The molecule has 1 unspecified atom stereocenters. The Balaban J connectivity index is 3.05. The van der Waals surface area contributed by atoms with E-state index in [0.29, 0.717) is 10.9 Å².